The lowest BCUT2D eigenvalue weighted by atomic mass is 10.1. The van der Waals surface area contributed by atoms with E-state index in [1.807, 2.05) is 18.2 Å². The SMILES string of the molecule is COC(=O)c1ccc(S(=O)(=O)NCC(OC)c2ccccc2OC)cc1. The molecule has 0 radical (unpaired) electrons. The van der Waals surface area contributed by atoms with Crippen LogP contribution in [0.15, 0.2) is 53.4 Å². The van der Waals surface area contributed by atoms with Gasteiger partial charge in [-0.05, 0) is 30.3 Å². The van der Waals surface area contributed by atoms with E-state index in [-0.39, 0.29) is 17.0 Å². The van der Waals surface area contributed by atoms with Gasteiger partial charge in [0.2, 0.25) is 10.0 Å². The minimum absolute atomic E-state index is 0.0258. The van der Waals surface area contributed by atoms with Crippen LogP contribution in [0.4, 0.5) is 0 Å². The standard InChI is InChI=1S/C18H21NO6S/c1-23-16-7-5-4-6-15(16)17(24-2)12-19-26(21,22)14-10-8-13(9-11-14)18(20)25-3/h4-11,17,19H,12H2,1-3H3. The summed E-state index contributed by atoms with van der Waals surface area (Å²) in [6.07, 6.45) is -0.518. The van der Waals surface area contributed by atoms with Gasteiger partial charge >= 0.3 is 5.97 Å². The van der Waals surface area contributed by atoms with Gasteiger partial charge in [-0.1, -0.05) is 18.2 Å². The van der Waals surface area contributed by atoms with Crippen LogP contribution in [0.25, 0.3) is 0 Å². The number of nitrogens with one attached hydrogen (secondary N) is 1. The highest BCUT2D eigenvalue weighted by atomic mass is 32.2. The molecule has 0 bridgehead atoms. The molecule has 1 N–H and O–H groups in total. The van der Waals surface area contributed by atoms with Crippen molar-refractivity contribution in [3.63, 3.8) is 0 Å². The van der Waals surface area contributed by atoms with Gasteiger partial charge < -0.3 is 14.2 Å². The average molecular weight is 379 g/mol. The number of ether oxygens (including phenoxy) is 3. The van der Waals surface area contributed by atoms with Crippen molar-refractivity contribution < 1.29 is 27.4 Å². The van der Waals surface area contributed by atoms with Gasteiger partial charge in [0, 0.05) is 19.2 Å². The maximum absolute atomic E-state index is 12.5. The summed E-state index contributed by atoms with van der Waals surface area (Å²) in [5, 5.41) is 0. The van der Waals surface area contributed by atoms with Crippen molar-refractivity contribution in [2.75, 3.05) is 27.9 Å². The molecule has 0 aliphatic carbocycles. The number of para-hydroxylation sites is 1. The lowest BCUT2D eigenvalue weighted by Gasteiger charge is -2.19. The zero-order valence-electron chi connectivity index (χ0n) is 14.8. The third kappa shape index (κ3) is 4.60. The second kappa shape index (κ2) is 8.79. The Bertz CT molecular complexity index is 848. The fourth-order valence-corrected chi connectivity index (χ4v) is 3.44. The number of sulfonamides is 1. The highest BCUT2D eigenvalue weighted by Gasteiger charge is 2.20. The third-order valence-corrected chi connectivity index (χ3v) is 5.25. The molecule has 8 heteroatoms. The molecule has 0 saturated heterocycles. The number of carbonyl (C=O) groups excluding carboxylic acids is 1. The van der Waals surface area contributed by atoms with E-state index >= 15 is 0 Å². The Morgan fingerprint density at radius 3 is 2.27 bits per heavy atom. The van der Waals surface area contributed by atoms with Crippen molar-refractivity contribution in [1.82, 2.24) is 4.72 Å². The molecule has 2 rings (SSSR count). The first kappa shape index (κ1) is 19.9. The highest BCUT2D eigenvalue weighted by Crippen LogP contribution is 2.26. The van der Waals surface area contributed by atoms with Crippen LogP contribution in [0, 0.1) is 0 Å². The lowest BCUT2D eigenvalue weighted by Crippen LogP contribution is -2.29. The molecule has 0 aliphatic heterocycles. The quantitative estimate of drug-likeness (QED) is 0.707. The summed E-state index contributed by atoms with van der Waals surface area (Å²) in [5.41, 5.74) is 1.01. The minimum Gasteiger partial charge on any atom is -0.496 e. The molecule has 0 aliphatic rings. The van der Waals surface area contributed by atoms with Gasteiger partial charge in [-0.3, -0.25) is 0 Å². The van der Waals surface area contributed by atoms with Crippen LogP contribution in [0.5, 0.6) is 5.75 Å². The Labute approximate surface area is 152 Å². The molecular weight excluding hydrogens is 358 g/mol. The van der Waals surface area contributed by atoms with Gasteiger partial charge in [-0.2, -0.15) is 0 Å². The first-order chi connectivity index (χ1) is 12.4. The summed E-state index contributed by atoms with van der Waals surface area (Å²) in [6.45, 7) is 0.0258. The molecular formula is C18H21NO6S. The van der Waals surface area contributed by atoms with Gasteiger partial charge in [0.1, 0.15) is 5.75 Å². The van der Waals surface area contributed by atoms with Crippen LogP contribution in [-0.2, 0) is 19.5 Å². The predicted molar refractivity (Wildman–Crippen MR) is 95.7 cm³/mol. The van der Waals surface area contributed by atoms with Gasteiger partial charge in [0.25, 0.3) is 0 Å². The maximum Gasteiger partial charge on any atom is 0.337 e. The molecule has 0 amide bonds. The van der Waals surface area contributed by atoms with Crippen LogP contribution < -0.4 is 9.46 Å². The predicted octanol–water partition coefficient (Wildman–Crippen LogP) is 2.15. The number of esters is 1. The molecule has 2 aromatic rings. The zero-order chi connectivity index (χ0) is 19.2. The number of benzene rings is 2. The van der Waals surface area contributed by atoms with Crippen molar-refractivity contribution in [1.29, 1.82) is 0 Å². The van der Waals surface area contributed by atoms with E-state index in [1.165, 1.54) is 38.5 Å². The number of carbonyl (C=O) groups is 1. The van der Waals surface area contributed by atoms with Gasteiger partial charge in [-0.25, -0.2) is 17.9 Å². The highest BCUT2D eigenvalue weighted by molar-refractivity contribution is 7.89. The Kier molecular flexibility index (Phi) is 6.73. The summed E-state index contributed by atoms with van der Waals surface area (Å²) >= 11 is 0. The van der Waals surface area contributed by atoms with Crippen LogP contribution in [0.2, 0.25) is 0 Å². The third-order valence-electron chi connectivity index (χ3n) is 3.81. The van der Waals surface area contributed by atoms with E-state index in [0.717, 1.165) is 5.56 Å². The normalized spacial score (nSPS) is 12.4. The summed E-state index contributed by atoms with van der Waals surface area (Å²) in [6, 6.07) is 12.7. The maximum atomic E-state index is 12.5. The first-order valence-electron chi connectivity index (χ1n) is 7.76. The molecule has 0 aromatic heterocycles. The number of hydrogen-bond donors (Lipinski definition) is 1. The molecule has 1 atom stereocenters. The van der Waals surface area contributed by atoms with E-state index in [4.69, 9.17) is 9.47 Å². The van der Waals surface area contributed by atoms with Crippen LogP contribution >= 0.6 is 0 Å². The molecule has 7 nitrogen and oxygen atoms in total. The van der Waals surface area contributed by atoms with E-state index < -0.39 is 22.1 Å². The number of rotatable bonds is 8. The second-order valence-corrected chi connectivity index (χ2v) is 7.10. The Morgan fingerprint density at radius 1 is 1.04 bits per heavy atom. The monoisotopic (exact) mass is 379 g/mol. The number of hydrogen-bond acceptors (Lipinski definition) is 6. The Balaban J connectivity index is 2.14. The van der Waals surface area contributed by atoms with Crippen molar-refractivity contribution in [3.05, 3.63) is 59.7 Å². The zero-order valence-corrected chi connectivity index (χ0v) is 15.6. The van der Waals surface area contributed by atoms with Crippen molar-refractivity contribution >= 4 is 16.0 Å². The molecule has 1 unspecified atom stereocenters. The molecule has 2 aromatic carbocycles. The lowest BCUT2D eigenvalue weighted by molar-refractivity contribution is 0.0600. The van der Waals surface area contributed by atoms with Crippen LogP contribution in [0.3, 0.4) is 0 Å². The van der Waals surface area contributed by atoms with Gasteiger partial charge in [0.15, 0.2) is 0 Å². The van der Waals surface area contributed by atoms with Crippen molar-refractivity contribution in [2.45, 2.75) is 11.0 Å². The first-order valence-corrected chi connectivity index (χ1v) is 9.25. The van der Waals surface area contributed by atoms with Crippen molar-refractivity contribution in [3.8, 4) is 5.75 Å². The fourth-order valence-electron chi connectivity index (χ4n) is 2.41. The van der Waals surface area contributed by atoms with E-state index in [0.29, 0.717) is 5.75 Å². The molecule has 140 valence electrons. The summed E-state index contributed by atoms with van der Waals surface area (Å²) in [7, 11) is 0.533. The Hall–Kier alpha value is -2.42. The van der Waals surface area contributed by atoms with Crippen molar-refractivity contribution in [2.24, 2.45) is 0 Å². The van der Waals surface area contributed by atoms with Gasteiger partial charge in [-0.15, -0.1) is 0 Å². The summed E-state index contributed by atoms with van der Waals surface area (Å²) < 4.78 is 42.8. The summed E-state index contributed by atoms with van der Waals surface area (Å²) in [4.78, 5) is 11.5. The van der Waals surface area contributed by atoms with Crippen LogP contribution in [0.1, 0.15) is 22.0 Å². The average Bonchev–Trinajstić information content (AvgIpc) is 2.68. The number of methoxy groups -OCH3 is 3. The molecule has 0 heterocycles. The van der Waals surface area contributed by atoms with E-state index in [9.17, 15) is 13.2 Å². The van der Waals surface area contributed by atoms with E-state index in [2.05, 4.69) is 9.46 Å². The molecule has 26 heavy (non-hydrogen) atoms. The molecule has 0 saturated carbocycles. The largest absolute Gasteiger partial charge is 0.496 e. The summed E-state index contributed by atoms with van der Waals surface area (Å²) in [5.74, 6) is 0.0819. The van der Waals surface area contributed by atoms with Gasteiger partial charge in [0.05, 0.1) is 30.8 Å². The topological polar surface area (TPSA) is 90.9 Å². The molecule has 0 fully saturated rings. The smallest absolute Gasteiger partial charge is 0.337 e. The Morgan fingerprint density at radius 2 is 1.69 bits per heavy atom. The minimum atomic E-state index is -3.77. The van der Waals surface area contributed by atoms with Crippen LogP contribution in [-0.4, -0.2) is 42.3 Å². The second-order valence-electron chi connectivity index (χ2n) is 5.33. The van der Waals surface area contributed by atoms with E-state index in [1.54, 1.807) is 13.2 Å². The fraction of sp³-hybridized carbons (Fsp3) is 0.278. The molecule has 0 spiro atoms.